The summed E-state index contributed by atoms with van der Waals surface area (Å²) in [5.41, 5.74) is 0. The summed E-state index contributed by atoms with van der Waals surface area (Å²) in [6.07, 6.45) is -1.71. The third-order valence-corrected chi connectivity index (χ3v) is 4.06. The van der Waals surface area contributed by atoms with Crippen molar-refractivity contribution in [2.75, 3.05) is 0 Å². The van der Waals surface area contributed by atoms with Gasteiger partial charge in [0.15, 0.2) is 0 Å². The highest BCUT2D eigenvalue weighted by molar-refractivity contribution is 5.82. The number of halogens is 3. The van der Waals surface area contributed by atoms with Gasteiger partial charge < -0.3 is 0 Å². The quantitative estimate of drug-likeness (QED) is 0.857. The first kappa shape index (κ1) is 16.0. The molecule has 0 aliphatic heterocycles. The Morgan fingerprint density at radius 1 is 1.43 bits per heavy atom. The highest BCUT2D eigenvalue weighted by Gasteiger charge is 2.43. The van der Waals surface area contributed by atoms with Gasteiger partial charge in [0.05, 0.1) is 12.3 Å². The van der Waals surface area contributed by atoms with Crippen molar-refractivity contribution < 1.29 is 18.0 Å². The van der Waals surface area contributed by atoms with Crippen LogP contribution in [0, 0.1) is 11.8 Å². The number of hydrogen-bond acceptors (Lipinski definition) is 3. The molecular formula is C14H20F3N3O. The molecule has 2 atom stereocenters. The van der Waals surface area contributed by atoms with Crippen LogP contribution in [0.1, 0.15) is 51.4 Å². The summed E-state index contributed by atoms with van der Waals surface area (Å²) >= 11 is 0. The molecule has 1 aromatic rings. The van der Waals surface area contributed by atoms with E-state index in [-0.39, 0.29) is 31.1 Å². The van der Waals surface area contributed by atoms with Gasteiger partial charge in [-0.25, -0.2) is 9.67 Å². The van der Waals surface area contributed by atoms with Crippen molar-refractivity contribution in [2.24, 2.45) is 11.8 Å². The van der Waals surface area contributed by atoms with Gasteiger partial charge in [-0.3, -0.25) is 4.79 Å². The minimum atomic E-state index is -4.20. The van der Waals surface area contributed by atoms with Crippen LogP contribution in [0.3, 0.4) is 0 Å². The minimum absolute atomic E-state index is 0.0629. The van der Waals surface area contributed by atoms with Crippen molar-refractivity contribution >= 4 is 5.78 Å². The molecular weight excluding hydrogens is 283 g/mol. The van der Waals surface area contributed by atoms with Crippen LogP contribution in [-0.2, 0) is 11.2 Å². The van der Waals surface area contributed by atoms with Crippen LogP contribution in [0.4, 0.5) is 13.2 Å². The number of hydrogen-bond donors (Lipinski definition) is 0. The third kappa shape index (κ3) is 3.83. The van der Waals surface area contributed by atoms with E-state index in [1.165, 1.54) is 6.33 Å². The van der Waals surface area contributed by atoms with E-state index in [0.29, 0.717) is 18.7 Å². The molecule has 0 aromatic carbocycles. The summed E-state index contributed by atoms with van der Waals surface area (Å²) in [7, 11) is 0. The zero-order valence-corrected chi connectivity index (χ0v) is 12.2. The lowest BCUT2D eigenvalue weighted by Gasteiger charge is -2.29. The number of carbonyl (C=O) groups excluding carboxylic acids is 1. The van der Waals surface area contributed by atoms with Crippen LogP contribution in [0.15, 0.2) is 6.33 Å². The summed E-state index contributed by atoms with van der Waals surface area (Å²) in [6.45, 7) is 3.84. The number of ketones is 1. The minimum Gasteiger partial charge on any atom is -0.299 e. The molecule has 0 bridgehead atoms. The molecule has 1 saturated carbocycles. The van der Waals surface area contributed by atoms with E-state index < -0.39 is 18.0 Å². The number of carbonyl (C=O) groups is 1. The Morgan fingerprint density at radius 3 is 2.76 bits per heavy atom. The van der Waals surface area contributed by atoms with Gasteiger partial charge >= 0.3 is 6.18 Å². The molecule has 1 fully saturated rings. The SMILES string of the molecule is CC(C)n1ncnc1CC(=O)C1CCCC(C(F)(F)F)C1. The summed E-state index contributed by atoms with van der Waals surface area (Å²) in [6, 6.07) is 0.0737. The molecule has 0 N–H and O–H groups in total. The average Bonchev–Trinajstić information content (AvgIpc) is 2.86. The van der Waals surface area contributed by atoms with Crippen LogP contribution < -0.4 is 0 Å². The molecule has 21 heavy (non-hydrogen) atoms. The maximum Gasteiger partial charge on any atom is 0.391 e. The number of aromatic nitrogens is 3. The Morgan fingerprint density at radius 2 is 2.14 bits per heavy atom. The van der Waals surface area contributed by atoms with E-state index >= 15 is 0 Å². The molecule has 0 saturated heterocycles. The Bertz CT molecular complexity index is 496. The second-order valence-corrected chi connectivity index (χ2v) is 5.96. The van der Waals surface area contributed by atoms with Crippen molar-refractivity contribution in [1.29, 1.82) is 0 Å². The molecule has 7 heteroatoms. The molecule has 1 heterocycles. The smallest absolute Gasteiger partial charge is 0.299 e. The Kier molecular flexibility index (Phi) is 4.68. The van der Waals surface area contributed by atoms with Crippen molar-refractivity contribution in [3.8, 4) is 0 Å². The normalized spacial score (nSPS) is 23.5. The fourth-order valence-corrected chi connectivity index (χ4v) is 2.91. The molecule has 1 aliphatic carbocycles. The summed E-state index contributed by atoms with van der Waals surface area (Å²) in [5, 5.41) is 4.04. The first-order valence-corrected chi connectivity index (χ1v) is 7.27. The van der Waals surface area contributed by atoms with Crippen LogP contribution in [0.2, 0.25) is 0 Å². The average molecular weight is 303 g/mol. The lowest BCUT2D eigenvalue weighted by molar-refractivity contribution is -0.186. The maximum atomic E-state index is 12.8. The van der Waals surface area contributed by atoms with Crippen molar-refractivity contribution in [2.45, 2.75) is 58.2 Å². The van der Waals surface area contributed by atoms with E-state index in [0.717, 1.165) is 0 Å². The van der Waals surface area contributed by atoms with Crippen LogP contribution >= 0.6 is 0 Å². The van der Waals surface area contributed by atoms with Gasteiger partial charge in [0.25, 0.3) is 0 Å². The highest BCUT2D eigenvalue weighted by atomic mass is 19.4. The number of nitrogens with zero attached hydrogens (tertiary/aromatic N) is 3. The molecule has 2 rings (SSSR count). The molecule has 1 aromatic heterocycles. The largest absolute Gasteiger partial charge is 0.391 e. The summed E-state index contributed by atoms with van der Waals surface area (Å²) < 4.78 is 40.0. The van der Waals surface area contributed by atoms with Gasteiger partial charge in [-0.2, -0.15) is 18.3 Å². The van der Waals surface area contributed by atoms with Gasteiger partial charge in [-0.05, 0) is 33.1 Å². The predicted octanol–water partition coefficient (Wildman–Crippen LogP) is 3.34. The molecule has 0 radical (unpaired) electrons. The van der Waals surface area contributed by atoms with Crippen molar-refractivity contribution in [3.05, 3.63) is 12.2 Å². The molecule has 0 amide bonds. The van der Waals surface area contributed by atoms with Crippen LogP contribution in [0.25, 0.3) is 0 Å². The first-order chi connectivity index (χ1) is 9.79. The fourth-order valence-electron chi connectivity index (χ4n) is 2.91. The highest BCUT2D eigenvalue weighted by Crippen LogP contribution is 2.40. The predicted molar refractivity (Wildman–Crippen MR) is 70.6 cm³/mol. The molecule has 0 spiro atoms. The monoisotopic (exact) mass is 303 g/mol. The Labute approximate surface area is 121 Å². The molecule has 2 unspecified atom stereocenters. The van der Waals surface area contributed by atoms with Gasteiger partial charge in [0, 0.05) is 12.0 Å². The van der Waals surface area contributed by atoms with Crippen LogP contribution in [-0.4, -0.2) is 26.7 Å². The van der Waals surface area contributed by atoms with Gasteiger partial charge in [-0.15, -0.1) is 0 Å². The van der Waals surface area contributed by atoms with Gasteiger partial charge in [0.2, 0.25) is 0 Å². The molecule has 4 nitrogen and oxygen atoms in total. The fraction of sp³-hybridized carbons (Fsp3) is 0.786. The summed E-state index contributed by atoms with van der Waals surface area (Å²) in [5.74, 6) is -1.48. The zero-order valence-electron chi connectivity index (χ0n) is 12.2. The molecule has 1 aliphatic rings. The van der Waals surface area contributed by atoms with Crippen molar-refractivity contribution in [3.63, 3.8) is 0 Å². The summed E-state index contributed by atoms with van der Waals surface area (Å²) in [4.78, 5) is 16.3. The van der Waals surface area contributed by atoms with Gasteiger partial charge in [-0.1, -0.05) is 6.42 Å². The van der Waals surface area contributed by atoms with Crippen LogP contribution in [0.5, 0.6) is 0 Å². The van der Waals surface area contributed by atoms with E-state index in [4.69, 9.17) is 0 Å². The van der Waals surface area contributed by atoms with E-state index in [1.807, 2.05) is 13.8 Å². The van der Waals surface area contributed by atoms with E-state index in [1.54, 1.807) is 4.68 Å². The second-order valence-electron chi connectivity index (χ2n) is 5.96. The van der Waals surface area contributed by atoms with E-state index in [2.05, 4.69) is 10.1 Å². The zero-order chi connectivity index (χ0) is 15.6. The number of Topliss-reactive ketones (excluding diaryl/α,β-unsaturated/α-hetero) is 1. The lowest BCUT2D eigenvalue weighted by Crippen LogP contribution is -2.32. The lowest BCUT2D eigenvalue weighted by atomic mass is 9.78. The standard InChI is InChI=1S/C14H20F3N3O/c1-9(2)20-13(18-8-19-20)7-12(21)10-4-3-5-11(6-10)14(15,16)17/h8-11H,3-7H2,1-2H3. The van der Waals surface area contributed by atoms with Gasteiger partial charge in [0.1, 0.15) is 17.9 Å². The number of rotatable bonds is 4. The Balaban J connectivity index is 2.01. The second kappa shape index (κ2) is 6.15. The first-order valence-electron chi connectivity index (χ1n) is 7.27. The molecule has 118 valence electrons. The van der Waals surface area contributed by atoms with E-state index in [9.17, 15) is 18.0 Å². The maximum absolute atomic E-state index is 12.8. The number of alkyl halides is 3. The van der Waals surface area contributed by atoms with Crippen molar-refractivity contribution in [1.82, 2.24) is 14.8 Å². The topological polar surface area (TPSA) is 47.8 Å². The third-order valence-electron chi connectivity index (χ3n) is 4.06. The Hall–Kier alpha value is -1.40.